The molecule has 1 aromatic heterocycles. The number of nitrogens with zero attached hydrogens (tertiary/aromatic N) is 2. The first-order valence-corrected chi connectivity index (χ1v) is 6.99. The average Bonchev–Trinajstić information content (AvgIpc) is 2.89. The molecule has 0 spiro atoms. The molecule has 7 nitrogen and oxygen atoms in total. The molecule has 1 aliphatic rings. The molecule has 0 saturated carbocycles. The Morgan fingerprint density at radius 1 is 1.53 bits per heavy atom. The second-order valence-electron chi connectivity index (χ2n) is 4.28. The van der Waals surface area contributed by atoms with Crippen molar-refractivity contribution >= 4 is 22.2 Å². The minimum absolute atomic E-state index is 0.00717. The third-order valence-electron chi connectivity index (χ3n) is 2.95. The molecule has 1 aliphatic heterocycles. The maximum atomic E-state index is 11.8. The van der Waals surface area contributed by atoms with Crippen molar-refractivity contribution in [1.82, 2.24) is 15.5 Å². The molecule has 1 fully saturated rings. The fourth-order valence-electron chi connectivity index (χ4n) is 1.90. The monoisotopic (exact) mass is 284 g/mol. The highest BCUT2D eigenvalue weighted by Gasteiger charge is 2.15. The standard InChI is InChI=1S/C11H16N4O3S/c16-11(9-7-10(15(17)18)19-8-9)13-3-6-14-4-1-12-2-5-14/h7-8,12H,1-6H2,(H,13,16). The fourth-order valence-corrected chi connectivity index (χ4v) is 2.61. The molecule has 8 heteroatoms. The van der Waals surface area contributed by atoms with E-state index in [4.69, 9.17) is 0 Å². The van der Waals surface area contributed by atoms with Gasteiger partial charge in [0.2, 0.25) is 0 Å². The van der Waals surface area contributed by atoms with Crippen LogP contribution in [0.15, 0.2) is 11.4 Å². The number of nitro groups is 1. The van der Waals surface area contributed by atoms with Gasteiger partial charge in [-0.15, -0.1) is 0 Å². The minimum Gasteiger partial charge on any atom is -0.351 e. The minimum atomic E-state index is -0.484. The summed E-state index contributed by atoms with van der Waals surface area (Å²) in [4.78, 5) is 24.1. The van der Waals surface area contributed by atoms with Gasteiger partial charge in [0, 0.05) is 50.7 Å². The van der Waals surface area contributed by atoms with Gasteiger partial charge in [0.15, 0.2) is 0 Å². The Hall–Kier alpha value is -1.51. The number of hydrogen-bond acceptors (Lipinski definition) is 6. The van der Waals surface area contributed by atoms with Crippen molar-refractivity contribution in [3.63, 3.8) is 0 Å². The highest BCUT2D eigenvalue weighted by atomic mass is 32.1. The van der Waals surface area contributed by atoms with Gasteiger partial charge >= 0.3 is 5.00 Å². The van der Waals surface area contributed by atoms with Gasteiger partial charge in [-0.3, -0.25) is 19.8 Å². The van der Waals surface area contributed by atoms with Crippen molar-refractivity contribution in [2.75, 3.05) is 39.3 Å². The lowest BCUT2D eigenvalue weighted by Gasteiger charge is -2.27. The molecule has 19 heavy (non-hydrogen) atoms. The Morgan fingerprint density at radius 3 is 2.89 bits per heavy atom. The van der Waals surface area contributed by atoms with Crippen molar-refractivity contribution < 1.29 is 9.72 Å². The number of hydrogen-bond donors (Lipinski definition) is 2. The zero-order valence-electron chi connectivity index (χ0n) is 10.4. The smallest absolute Gasteiger partial charge is 0.324 e. The van der Waals surface area contributed by atoms with Gasteiger partial charge in [0.25, 0.3) is 5.91 Å². The summed E-state index contributed by atoms with van der Waals surface area (Å²) in [5.74, 6) is -0.250. The summed E-state index contributed by atoms with van der Waals surface area (Å²) in [6.45, 7) is 5.29. The molecule has 0 radical (unpaired) electrons. The SMILES string of the molecule is O=C(NCCN1CCNCC1)c1csc([N+](=O)[O-])c1. The summed E-state index contributed by atoms with van der Waals surface area (Å²) in [6.07, 6.45) is 0. The number of thiophene rings is 1. The van der Waals surface area contributed by atoms with Crippen LogP contribution in [0.3, 0.4) is 0 Å². The predicted octanol–water partition coefficient (Wildman–Crippen LogP) is 0.291. The van der Waals surface area contributed by atoms with E-state index in [1.807, 2.05) is 0 Å². The van der Waals surface area contributed by atoms with Gasteiger partial charge in [0.05, 0.1) is 10.5 Å². The molecule has 1 amide bonds. The van der Waals surface area contributed by atoms with Gasteiger partial charge in [0.1, 0.15) is 0 Å². The van der Waals surface area contributed by atoms with E-state index in [1.54, 1.807) is 0 Å². The predicted molar refractivity (Wildman–Crippen MR) is 72.6 cm³/mol. The molecule has 2 heterocycles. The third-order valence-corrected chi connectivity index (χ3v) is 3.83. The van der Waals surface area contributed by atoms with Crippen LogP contribution in [-0.4, -0.2) is 55.0 Å². The van der Waals surface area contributed by atoms with Crippen LogP contribution in [0.4, 0.5) is 5.00 Å². The molecule has 1 aromatic rings. The molecule has 1 saturated heterocycles. The second kappa shape index (κ2) is 6.60. The Balaban J connectivity index is 1.75. The number of carbonyl (C=O) groups is 1. The molecule has 0 unspecified atom stereocenters. The Labute approximate surface area is 114 Å². The molecule has 2 rings (SSSR count). The van der Waals surface area contributed by atoms with Crippen LogP contribution in [0.2, 0.25) is 0 Å². The molecule has 0 aromatic carbocycles. The molecular weight excluding hydrogens is 268 g/mol. The number of piperazine rings is 1. The molecule has 104 valence electrons. The summed E-state index contributed by atoms with van der Waals surface area (Å²) in [5.41, 5.74) is 0.358. The maximum Gasteiger partial charge on any atom is 0.324 e. The van der Waals surface area contributed by atoms with Crippen LogP contribution in [0, 0.1) is 10.1 Å². The van der Waals surface area contributed by atoms with E-state index in [0.29, 0.717) is 12.1 Å². The van der Waals surface area contributed by atoms with Crippen LogP contribution in [-0.2, 0) is 0 Å². The van der Waals surface area contributed by atoms with Crippen molar-refractivity contribution in [2.24, 2.45) is 0 Å². The van der Waals surface area contributed by atoms with Crippen molar-refractivity contribution in [3.8, 4) is 0 Å². The largest absolute Gasteiger partial charge is 0.351 e. The van der Waals surface area contributed by atoms with Crippen molar-refractivity contribution in [2.45, 2.75) is 0 Å². The van der Waals surface area contributed by atoms with E-state index in [-0.39, 0.29) is 10.9 Å². The average molecular weight is 284 g/mol. The number of carbonyl (C=O) groups excluding carboxylic acids is 1. The zero-order valence-corrected chi connectivity index (χ0v) is 11.2. The Bertz CT molecular complexity index is 457. The van der Waals surface area contributed by atoms with Gasteiger partial charge in [-0.25, -0.2) is 0 Å². The van der Waals surface area contributed by atoms with Gasteiger partial charge < -0.3 is 10.6 Å². The normalized spacial score (nSPS) is 16.2. The van der Waals surface area contributed by atoms with E-state index < -0.39 is 4.92 Å². The lowest BCUT2D eigenvalue weighted by Crippen LogP contribution is -2.46. The van der Waals surface area contributed by atoms with Crippen LogP contribution < -0.4 is 10.6 Å². The first-order valence-electron chi connectivity index (χ1n) is 6.11. The van der Waals surface area contributed by atoms with E-state index in [0.717, 1.165) is 44.1 Å². The Morgan fingerprint density at radius 2 is 2.26 bits per heavy atom. The zero-order chi connectivity index (χ0) is 13.7. The number of amides is 1. The number of nitrogens with one attached hydrogen (secondary N) is 2. The summed E-state index contributed by atoms with van der Waals surface area (Å²) in [7, 11) is 0. The van der Waals surface area contributed by atoms with E-state index in [1.165, 1.54) is 11.4 Å². The van der Waals surface area contributed by atoms with Crippen LogP contribution in [0.1, 0.15) is 10.4 Å². The van der Waals surface area contributed by atoms with Gasteiger partial charge in [-0.1, -0.05) is 11.3 Å². The van der Waals surface area contributed by atoms with Gasteiger partial charge in [-0.05, 0) is 0 Å². The van der Waals surface area contributed by atoms with Crippen molar-refractivity contribution in [3.05, 3.63) is 27.1 Å². The quantitative estimate of drug-likeness (QED) is 0.599. The van der Waals surface area contributed by atoms with E-state index >= 15 is 0 Å². The molecule has 0 aliphatic carbocycles. The number of rotatable bonds is 5. The molecule has 0 atom stereocenters. The first kappa shape index (κ1) is 13.9. The second-order valence-corrected chi connectivity index (χ2v) is 5.17. The molecule has 0 bridgehead atoms. The fraction of sp³-hybridized carbons (Fsp3) is 0.545. The molecular formula is C11H16N4O3S. The van der Waals surface area contributed by atoms with Crippen LogP contribution in [0.25, 0.3) is 0 Å². The first-order chi connectivity index (χ1) is 9.16. The van der Waals surface area contributed by atoms with E-state index in [2.05, 4.69) is 15.5 Å². The summed E-state index contributed by atoms with van der Waals surface area (Å²) >= 11 is 0.969. The van der Waals surface area contributed by atoms with Crippen LogP contribution >= 0.6 is 11.3 Å². The lowest BCUT2D eigenvalue weighted by atomic mass is 10.3. The summed E-state index contributed by atoms with van der Waals surface area (Å²) in [6, 6.07) is 1.31. The Kier molecular flexibility index (Phi) is 4.83. The summed E-state index contributed by atoms with van der Waals surface area (Å²) < 4.78 is 0. The maximum absolute atomic E-state index is 11.8. The van der Waals surface area contributed by atoms with Gasteiger partial charge in [-0.2, -0.15) is 0 Å². The van der Waals surface area contributed by atoms with Crippen molar-refractivity contribution in [1.29, 1.82) is 0 Å². The highest BCUT2D eigenvalue weighted by Crippen LogP contribution is 2.22. The summed E-state index contributed by atoms with van der Waals surface area (Å²) in [5, 5.41) is 18.1. The third kappa shape index (κ3) is 3.98. The highest BCUT2D eigenvalue weighted by molar-refractivity contribution is 7.13. The lowest BCUT2D eigenvalue weighted by molar-refractivity contribution is -0.380. The topological polar surface area (TPSA) is 87.5 Å². The molecule has 2 N–H and O–H groups in total. The van der Waals surface area contributed by atoms with E-state index in [9.17, 15) is 14.9 Å². The van der Waals surface area contributed by atoms with Crippen LogP contribution in [0.5, 0.6) is 0 Å².